The van der Waals surface area contributed by atoms with Gasteiger partial charge in [-0.3, -0.25) is 4.79 Å². The van der Waals surface area contributed by atoms with Crippen LogP contribution in [0.1, 0.15) is 53.7 Å². The molecule has 0 spiro atoms. The number of para-hydroxylation sites is 1. The van der Waals surface area contributed by atoms with Crippen molar-refractivity contribution in [2.75, 3.05) is 0 Å². The number of benzene rings is 1. The average molecular weight is 316 g/mol. The number of amides is 1. The maximum absolute atomic E-state index is 12.6. The zero-order chi connectivity index (χ0) is 16.6. The van der Waals surface area contributed by atoms with Crippen LogP contribution in [0, 0.1) is 6.92 Å². The molecule has 1 aromatic heterocycles. The van der Waals surface area contributed by atoms with Gasteiger partial charge in [0.1, 0.15) is 28.4 Å². The van der Waals surface area contributed by atoms with Crippen LogP contribution >= 0.6 is 0 Å². The summed E-state index contributed by atoms with van der Waals surface area (Å²) in [5.74, 6) is 0.870. The second kappa shape index (κ2) is 5.70. The van der Waals surface area contributed by atoms with Crippen molar-refractivity contribution in [3.8, 4) is 5.75 Å². The average Bonchev–Trinajstić information content (AvgIpc) is 2.87. The van der Waals surface area contributed by atoms with Gasteiger partial charge >= 0.3 is 0 Å². The van der Waals surface area contributed by atoms with Gasteiger partial charge in [0, 0.05) is 12.0 Å². The summed E-state index contributed by atoms with van der Waals surface area (Å²) in [6.45, 7) is 5.30. The van der Waals surface area contributed by atoms with Crippen LogP contribution in [0.4, 0.5) is 0 Å². The molecule has 1 amide bonds. The van der Waals surface area contributed by atoms with Gasteiger partial charge in [0.15, 0.2) is 0 Å². The lowest BCUT2D eigenvalue weighted by atomic mass is 9.89. The first-order valence-corrected chi connectivity index (χ1v) is 7.56. The second-order valence-corrected chi connectivity index (χ2v) is 6.35. The number of ether oxygens (including phenoxy) is 1. The molecule has 0 fully saturated rings. The minimum absolute atomic E-state index is 0.178. The molecular weight excluding hydrogens is 296 g/mol. The van der Waals surface area contributed by atoms with E-state index in [1.54, 1.807) is 6.92 Å². The molecule has 0 saturated heterocycles. The van der Waals surface area contributed by atoms with Crippen LogP contribution in [0.25, 0.3) is 0 Å². The van der Waals surface area contributed by atoms with Crippen molar-refractivity contribution in [2.45, 2.75) is 45.4 Å². The van der Waals surface area contributed by atoms with E-state index in [-0.39, 0.29) is 29.9 Å². The van der Waals surface area contributed by atoms with E-state index in [0.717, 1.165) is 11.3 Å². The molecule has 2 heterocycles. The smallest absolute Gasteiger partial charge is 0.257 e. The summed E-state index contributed by atoms with van der Waals surface area (Å²) in [5.41, 5.74) is 1.12. The van der Waals surface area contributed by atoms with Crippen LogP contribution in [-0.2, 0) is 6.61 Å². The molecule has 0 bridgehead atoms. The van der Waals surface area contributed by atoms with Gasteiger partial charge in [-0.1, -0.05) is 23.4 Å². The molecule has 1 atom stereocenters. The fraction of sp³-hybridized carbons (Fsp3) is 0.412. The maximum Gasteiger partial charge on any atom is 0.257 e. The number of nitrogens with one attached hydrogen (secondary N) is 1. The number of aryl methyl sites for hydroxylation is 1. The van der Waals surface area contributed by atoms with Gasteiger partial charge < -0.3 is 19.7 Å². The number of aliphatic hydroxyl groups is 1. The lowest BCUT2D eigenvalue weighted by Crippen LogP contribution is -2.41. The molecule has 6 nitrogen and oxygen atoms in total. The third kappa shape index (κ3) is 2.94. The number of fused-ring (bicyclic) bond motifs is 1. The molecule has 0 aliphatic carbocycles. The predicted octanol–water partition coefficient (Wildman–Crippen LogP) is 2.51. The normalized spacial score (nSPS) is 18.9. The highest BCUT2D eigenvalue weighted by Crippen LogP contribution is 2.39. The number of nitrogens with zero attached hydrogens (tertiary/aromatic N) is 1. The summed E-state index contributed by atoms with van der Waals surface area (Å²) in [6, 6.07) is 7.50. The number of carbonyl (C=O) groups excluding carboxylic acids is 1. The number of rotatable bonds is 3. The molecule has 1 unspecified atom stereocenters. The Kier molecular flexibility index (Phi) is 3.85. The first-order valence-electron chi connectivity index (χ1n) is 7.56. The fourth-order valence-corrected chi connectivity index (χ4v) is 2.98. The zero-order valence-corrected chi connectivity index (χ0v) is 13.4. The number of hydrogen-bond acceptors (Lipinski definition) is 5. The summed E-state index contributed by atoms with van der Waals surface area (Å²) in [4.78, 5) is 12.6. The van der Waals surface area contributed by atoms with Crippen LogP contribution in [-0.4, -0.2) is 21.8 Å². The number of carbonyl (C=O) groups is 1. The molecule has 1 aliphatic rings. The van der Waals surface area contributed by atoms with Crippen LogP contribution < -0.4 is 10.1 Å². The van der Waals surface area contributed by atoms with E-state index in [0.29, 0.717) is 17.7 Å². The van der Waals surface area contributed by atoms with E-state index in [9.17, 15) is 9.90 Å². The van der Waals surface area contributed by atoms with Crippen molar-refractivity contribution in [3.05, 3.63) is 46.8 Å². The largest absolute Gasteiger partial charge is 0.487 e. The molecule has 0 radical (unpaired) electrons. The number of aliphatic hydroxyl groups excluding tert-OH is 1. The van der Waals surface area contributed by atoms with Crippen LogP contribution in [0.2, 0.25) is 0 Å². The Balaban J connectivity index is 1.90. The van der Waals surface area contributed by atoms with Crippen LogP contribution in [0.15, 0.2) is 28.8 Å². The maximum atomic E-state index is 12.6. The Morgan fingerprint density at radius 1 is 1.43 bits per heavy atom. The molecular formula is C17H20N2O4. The highest BCUT2D eigenvalue weighted by molar-refractivity contribution is 5.96. The topological polar surface area (TPSA) is 84.6 Å². The van der Waals surface area contributed by atoms with Gasteiger partial charge in [-0.15, -0.1) is 0 Å². The highest BCUT2D eigenvalue weighted by Gasteiger charge is 2.35. The van der Waals surface area contributed by atoms with Crippen molar-refractivity contribution < 1.29 is 19.2 Å². The Morgan fingerprint density at radius 2 is 2.17 bits per heavy atom. The fourth-order valence-electron chi connectivity index (χ4n) is 2.98. The molecule has 2 aromatic rings. The Morgan fingerprint density at radius 3 is 2.91 bits per heavy atom. The van der Waals surface area contributed by atoms with Gasteiger partial charge in [-0.25, -0.2) is 0 Å². The number of aromatic nitrogens is 1. The van der Waals surface area contributed by atoms with Gasteiger partial charge in [0.05, 0.1) is 12.6 Å². The molecule has 1 aromatic carbocycles. The SMILES string of the molecule is Cc1onc(CO)c1C(=O)NC1CC(C)(C)Oc2ccccc21. The Labute approximate surface area is 134 Å². The van der Waals surface area contributed by atoms with E-state index < -0.39 is 0 Å². The van der Waals surface area contributed by atoms with Gasteiger partial charge in [0.2, 0.25) is 0 Å². The third-order valence-corrected chi connectivity index (χ3v) is 3.99. The first kappa shape index (κ1) is 15.6. The monoisotopic (exact) mass is 316 g/mol. The van der Waals surface area contributed by atoms with E-state index in [1.165, 1.54) is 0 Å². The minimum atomic E-state index is -0.379. The van der Waals surface area contributed by atoms with Crippen LogP contribution in [0.3, 0.4) is 0 Å². The minimum Gasteiger partial charge on any atom is -0.487 e. The molecule has 3 rings (SSSR count). The standard InChI is InChI=1S/C17H20N2O4/c1-10-15(13(9-20)19-23-10)16(21)18-12-8-17(2,3)22-14-7-5-4-6-11(12)14/h4-7,12,20H,8-9H2,1-3H3,(H,18,21). The second-order valence-electron chi connectivity index (χ2n) is 6.35. The zero-order valence-electron chi connectivity index (χ0n) is 13.4. The quantitative estimate of drug-likeness (QED) is 0.909. The summed E-state index contributed by atoms with van der Waals surface area (Å²) in [5, 5.41) is 16.0. The van der Waals surface area contributed by atoms with Gasteiger partial charge in [0.25, 0.3) is 5.91 Å². The lowest BCUT2D eigenvalue weighted by molar-refractivity contribution is 0.0618. The molecule has 23 heavy (non-hydrogen) atoms. The Bertz CT molecular complexity index is 736. The summed E-state index contributed by atoms with van der Waals surface area (Å²) >= 11 is 0. The third-order valence-electron chi connectivity index (χ3n) is 3.99. The highest BCUT2D eigenvalue weighted by atomic mass is 16.5. The number of hydrogen-bond donors (Lipinski definition) is 2. The molecule has 122 valence electrons. The van der Waals surface area contributed by atoms with Crippen molar-refractivity contribution in [3.63, 3.8) is 0 Å². The molecule has 6 heteroatoms. The summed E-state index contributed by atoms with van der Waals surface area (Å²) in [7, 11) is 0. The summed E-state index contributed by atoms with van der Waals surface area (Å²) < 4.78 is 11.0. The Hall–Kier alpha value is -2.34. The molecule has 2 N–H and O–H groups in total. The predicted molar refractivity (Wildman–Crippen MR) is 83.1 cm³/mol. The van der Waals surface area contributed by atoms with E-state index >= 15 is 0 Å². The molecule has 0 saturated carbocycles. The van der Waals surface area contributed by atoms with Gasteiger partial charge in [-0.05, 0) is 26.8 Å². The summed E-state index contributed by atoms with van der Waals surface area (Å²) in [6.07, 6.45) is 0.647. The first-order chi connectivity index (χ1) is 10.9. The lowest BCUT2D eigenvalue weighted by Gasteiger charge is -2.37. The van der Waals surface area contributed by atoms with Crippen molar-refractivity contribution in [2.24, 2.45) is 0 Å². The van der Waals surface area contributed by atoms with Crippen molar-refractivity contribution in [1.29, 1.82) is 0 Å². The van der Waals surface area contributed by atoms with Crippen molar-refractivity contribution in [1.82, 2.24) is 10.5 Å². The van der Waals surface area contributed by atoms with Crippen molar-refractivity contribution >= 4 is 5.91 Å². The van der Waals surface area contributed by atoms with E-state index in [4.69, 9.17) is 9.26 Å². The molecule has 1 aliphatic heterocycles. The van der Waals surface area contributed by atoms with Gasteiger partial charge in [-0.2, -0.15) is 0 Å². The van der Waals surface area contributed by atoms with E-state index in [1.807, 2.05) is 38.1 Å². The van der Waals surface area contributed by atoms with E-state index in [2.05, 4.69) is 10.5 Å². The van der Waals surface area contributed by atoms with Crippen LogP contribution in [0.5, 0.6) is 5.75 Å².